The van der Waals surface area contributed by atoms with Crippen LogP contribution in [0.2, 0.25) is 0 Å². The van der Waals surface area contributed by atoms with E-state index in [4.69, 9.17) is 10.5 Å². The van der Waals surface area contributed by atoms with Crippen molar-refractivity contribution in [3.8, 4) is 22.6 Å². The number of nitrogens with two attached hydrogens (primary N) is 1. The first-order valence-corrected chi connectivity index (χ1v) is 8.72. The molecule has 1 aromatic heterocycles. The van der Waals surface area contributed by atoms with E-state index in [1.807, 2.05) is 0 Å². The largest absolute Gasteiger partial charge is 0.488 e. The van der Waals surface area contributed by atoms with Crippen LogP contribution in [0.3, 0.4) is 0 Å². The normalized spacial score (nSPS) is 10.8. The van der Waals surface area contributed by atoms with Gasteiger partial charge in [0.05, 0.1) is 18.7 Å². The highest BCUT2D eigenvalue weighted by molar-refractivity contribution is 5.77. The Morgan fingerprint density at radius 3 is 2.45 bits per heavy atom. The number of carbonyl (C=O) groups excluding carboxylic acids is 1. The Hall–Kier alpha value is -3.55. The van der Waals surface area contributed by atoms with Crippen LogP contribution in [0.4, 0.5) is 13.2 Å². The SMILES string of the molecule is CCOc1cc(-c2ccc(CC(N)=O)c(F)c2)cn(-c2cc(F)ccc2F)c1=O. The quantitative estimate of drug-likeness (QED) is 0.687. The van der Waals surface area contributed by atoms with E-state index in [1.165, 1.54) is 30.5 Å². The van der Waals surface area contributed by atoms with E-state index in [0.717, 1.165) is 22.8 Å². The zero-order chi connectivity index (χ0) is 21.1. The van der Waals surface area contributed by atoms with E-state index in [2.05, 4.69) is 0 Å². The molecule has 1 heterocycles. The summed E-state index contributed by atoms with van der Waals surface area (Å²) in [6, 6.07) is 8.21. The maximum atomic E-state index is 14.3. The molecule has 0 atom stereocenters. The summed E-state index contributed by atoms with van der Waals surface area (Å²) >= 11 is 0. The zero-order valence-corrected chi connectivity index (χ0v) is 15.4. The van der Waals surface area contributed by atoms with Crippen LogP contribution >= 0.6 is 0 Å². The van der Waals surface area contributed by atoms with E-state index in [0.29, 0.717) is 11.1 Å². The molecular weight excluding hydrogens is 385 g/mol. The minimum atomic E-state index is -0.809. The fraction of sp³-hybridized carbons (Fsp3) is 0.143. The third kappa shape index (κ3) is 4.31. The molecule has 0 saturated carbocycles. The van der Waals surface area contributed by atoms with Crippen molar-refractivity contribution in [3.05, 3.63) is 82.0 Å². The molecule has 0 bridgehead atoms. The van der Waals surface area contributed by atoms with Gasteiger partial charge in [-0.2, -0.15) is 0 Å². The van der Waals surface area contributed by atoms with E-state index in [9.17, 15) is 22.8 Å². The minimum absolute atomic E-state index is 0.102. The summed E-state index contributed by atoms with van der Waals surface area (Å²) in [4.78, 5) is 23.7. The number of halogens is 3. The van der Waals surface area contributed by atoms with Gasteiger partial charge in [0.15, 0.2) is 5.75 Å². The standard InChI is InChI=1S/C21H17F3N2O3/c1-2-29-19-8-14(12-3-4-13(9-20(25)27)17(24)7-12)11-26(21(19)28)18-10-15(22)5-6-16(18)23/h3-8,10-11H,2,9H2,1H3,(H2,25,27). The summed E-state index contributed by atoms with van der Waals surface area (Å²) < 4.78 is 48.5. The molecule has 1 amide bonds. The van der Waals surface area contributed by atoms with Crippen molar-refractivity contribution in [2.45, 2.75) is 13.3 Å². The molecule has 150 valence electrons. The van der Waals surface area contributed by atoms with E-state index >= 15 is 0 Å². The lowest BCUT2D eigenvalue weighted by atomic mass is 10.0. The number of rotatable bonds is 6. The van der Waals surface area contributed by atoms with Crippen LogP contribution < -0.4 is 16.0 Å². The molecule has 2 N–H and O–H groups in total. The highest BCUT2D eigenvalue weighted by Crippen LogP contribution is 2.26. The molecular formula is C21H17F3N2O3. The van der Waals surface area contributed by atoms with E-state index in [-0.39, 0.29) is 30.0 Å². The van der Waals surface area contributed by atoms with Gasteiger partial charge in [-0.05, 0) is 42.3 Å². The van der Waals surface area contributed by atoms with E-state index in [1.54, 1.807) is 6.92 Å². The topological polar surface area (TPSA) is 74.3 Å². The molecule has 29 heavy (non-hydrogen) atoms. The molecule has 0 spiro atoms. The number of pyridine rings is 1. The van der Waals surface area contributed by atoms with Crippen molar-refractivity contribution < 1.29 is 22.7 Å². The van der Waals surface area contributed by atoms with Crippen LogP contribution in [0, 0.1) is 17.5 Å². The van der Waals surface area contributed by atoms with Crippen molar-refractivity contribution in [2.75, 3.05) is 6.61 Å². The van der Waals surface area contributed by atoms with Gasteiger partial charge in [0.25, 0.3) is 5.56 Å². The van der Waals surface area contributed by atoms with Gasteiger partial charge in [0, 0.05) is 17.8 Å². The first-order chi connectivity index (χ1) is 13.8. The maximum Gasteiger partial charge on any atom is 0.297 e. The zero-order valence-electron chi connectivity index (χ0n) is 15.4. The fourth-order valence-electron chi connectivity index (χ4n) is 2.88. The summed E-state index contributed by atoms with van der Waals surface area (Å²) in [6.45, 7) is 1.83. The van der Waals surface area contributed by atoms with Gasteiger partial charge in [-0.3, -0.25) is 14.2 Å². The van der Waals surface area contributed by atoms with Gasteiger partial charge in [0.1, 0.15) is 17.5 Å². The van der Waals surface area contributed by atoms with Crippen molar-refractivity contribution in [2.24, 2.45) is 5.73 Å². The first-order valence-electron chi connectivity index (χ1n) is 8.72. The smallest absolute Gasteiger partial charge is 0.297 e. The number of hydrogen-bond donors (Lipinski definition) is 1. The Morgan fingerprint density at radius 2 is 1.79 bits per heavy atom. The van der Waals surface area contributed by atoms with E-state index < -0.39 is 28.9 Å². The molecule has 0 aliphatic heterocycles. The Morgan fingerprint density at radius 1 is 1.03 bits per heavy atom. The van der Waals surface area contributed by atoms with Crippen LogP contribution in [0.15, 0.2) is 53.5 Å². The highest BCUT2D eigenvalue weighted by atomic mass is 19.1. The third-order valence-electron chi connectivity index (χ3n) is 4.20. The number of hydrogen-bond acceptors (Lipinski definition) is 3. The Balaban J connectivity index is 2.19. The monoisotopic (exact) mass is 402 g/mol. The van der Waals surface area contributed by atoms with Crippen molar-refractivity contribution in [3.63, 3.8) is 0 Å². The number of nitrogens with zero attached hydrogens (tertiary/aromatic N) is 1. The molecule has 3 aromatic rings. The molecule has 0 fully saturated rings. The predicted octanol–water partition coefficient (Wildman–Crippen LogP) is 3.35. The summed E-state index contributed by atoms with van der Waals surface area (Å²) in [5, 5.41) is 0. The van der Waals surface area contributed by atoms with Crippen LogP contribution in [0.5, 0.6) is 5.75 Å². The van der Waals surface area contributed by atoms with Gasteiger partial charge >= 0.3 is 0 Å². The van der Waals surface area contributed by atoms with Crippen LogP contribution in [0.25, 0.3) is 16.8 Å². The predicted molar refractivity (Wildman–Crippen MR) is 101 cm³/mol. The molecule has 0 aliphatic rings. The second-order valence-corrected chi connectivity index (χ2v) is 6.25. The van der Waals surface area contributed by atoms with Crippen molar-refractivity contribution in [1.29, 1.82) is 0 Å². The number of amides is 1. The molecule has 0 aliphatic carbocycles. The lowest BCUT2D eigenvalue weighted by Gasteiger charge is -2.14. The van der Waals surface area contributed by atoms with Crippen LogP contribution in [-0.4, -0.2) is 17.1 Å². The highest BCUT2D eigenvalue weighted by Gasteiger charge is 2.15. The minimum Gasteiger partial charge on any atom is -0.488 e. The molecule has 0 radical (unpaired) electrons. The average molecular weight is 402 g/mol. The van der Waals surface area contributed by atoms with Gasteiger partial charge in [-0.1, -0.05) is 12.1 Å². The second kappa shape index (κ2) is 8.22. The van der Waals surface area contributed by atoms with Gasteiger partial charge in [-0.15, -0.1) is 0 Å². The number of benzene rings is 2. The molecule has 0 saturated heterocycles. The summed E-state index contributed by atoms with van der Waals surface area (Å²) in [6.07, 6.45) is 1.01. The Labute approximate surface area is 164 Å². The van der Waals surface area contributed by atoms with Gasteiger partial charge < -0.3 is 10.5 Å². The third-order valence-corrected chi connectivity index (χ3v) is 4.20. The lowest BCUT2D eigenvalue weighted by molar-refractivity contribution is -0.117. The molecule has 5 nitrogen and oxygen atoms in total. The second-order valence-electron chi connectivity index (χ2n) is 6.25. The number of primary amides is 1. The number of carbonyl (C=O) groups is 1. The Bertz CT molecular complexity index is 1140. The molecule has 0 unspecified atom stereocenters. The maximum absolute atomic E-state index is 14.3. The van der Waals surface area contributed by atoms with Gasteiger partial charge in [0.2, 0.25) is 5.91 Å². The van der Waals surface area contributed by atoms with Gasteiger partial charge in [-0.25, -0.2) is 13.2 Å². The fourth-order valence-corrected chi connectivity index (χ4v) is 2.88. The van der Waals surface area contributed by atoms with Crippen LogP contribution in [0.1, 0.15) is 12.5 Å². The molecule has 8 heteroatoms. The summed E-state index contributed by atoms with van der Waals surface area (Å²) in [5.74, 6) is -2.97. The summed E-state index contributed by atoms with van der Waals surface area (Å²) in [7, 11) is 0. The molecule has 3 rings (SSSR count). The summed E-state index contributed by atoms with van der Waals surface area (Å²) in [5.41, 5.74) is 4.91. The number of ether oxygens (including phenoxy) is 1. The van der Waals surface area contributed by atoms with Crippen molar-refractivity contribution in [1.82, 2.24) is 4.57 Å². The average Bonchev–Trinajstić information content (AvgIpc) is 2.67. The number of aromatic nitrogens is 1. The lowest BCUT2D eigenvalue weighted by Crippen LogP contribution is -2.21. The first kappa shape index (κ1) is 20.2. The molecule has 2 aromatic carbocycles. The Kier molecular flexibility index (Phi) is 5.72. The van der Waals surface area contributed by atoms with Crippen LogP contribution in [-0.2, 0) is 11.2 Å². The van der Waals surface area contributed by atoms with Crippen molar-refractivity contribution >= 4 is 5.91 Å².